The lowest BCUT2D eigenvalue weighted by Crippen LogP contribution is -2.30. The molecule has 0 spiro atoms. The minimum absolute atomic E-state index is 0.108. The molecule has 0 aromatic heterocycles. The van der Waals surface area contributed by atoms with Gasteiger partial charge in [-0.2, -0.15) is 0 Å². The molecule has 19 heteroatoms. The van der Waals surface area contributed by atoms with Crippen LogP contribution in [0.3, 0.4) is 0 Å². The number of hydrogen-bond acceptors (Lipinski definition) is 15. The molecule has 0 aliphatic rings. The summed E-state index contributed by atoms with van der Waals surface area (Å²) in [4.78, 5) is 73.1. The molecule has 618 valence electrons. The van der Waals surface area contributed by atoms with Crippen LogP contribution in [0.15, 0.2) is 0 Å². The maximum absolute atomic E-state index is 13.1. The summed E-state index contributed by atoms with van der Waals surface area (Å²) in [5.74, 6) is -0.576. The number of unbranched alkanes of at least 4 members (excludes halogenated alkanes) is 53. The highest BCUT2D eigenvalue weighted by Gasteiger charge is 2.30. The number of ether oxygens (including phenoxy) is 4. The van der Waals surface area contributed by atoms with E-state index in [9.17, 15) is 43.2 Å². The van der Waals surface area contributed by atoms with Gasteiger partial charge in [-0.3, -0.25) is 37.3 Å². The number of aliphatic hydroxyl groups is 1. The topological polar surface area (TPSA) is 237 Å². The average Bonchev–Trinajstić information content (AvgIpc) is 0.907. The van der Waals surface area contributed by atoms with Gasteiger partial charge in [0.25, 0.3) is 0 Å². The molecule has 0 aromatic rings. The van der Waals surface area contributed by atoms with Gasteiger partial charge >= 0.3 is 39.5 Å². The molecule has 0 amide bonds. The number of hydrogen-bond donors (Lipinski definition) is 3. The molecule has 0 bridgehead atoms. The van der Waals surface area contributed by atoms with E-state index in [1.165, 1.54) is 263 Å². The fraction of sp³-hybridized carbons (Fsp3) is 0.953. The fourth-order valence-electron chi connectivity index (χ4n) is 13.2. The number of phosphoric acid groups is 2. The lowest BCUT2D eigenvalue weighted by molar-refractivity contribution is -0.161. The van der Waals surface area contributed by atoms with Crippen molar-refractivity contribution in [3.63, 3.8) is 0 Å². The Kier molecular flexibility index (Phi) is 75.0. The Morgan fingerprint density at radius 1 is 0.279 bits per heavy atom. The molecule has 3 unspecified atom stereocenters. The smallest absolute Gasteiger partial charge is 0.462 e. The first-order valence-electron chi connectivity index (χ1n) is 44.0. The Morgan fingerprint density at radius 3 is 0.731 bits per heavy atom. The zero-order chi connectivity index (χ0) is 76.4. The summed E-state index contributed by atoms with van der Waals surface area (Å²) in [5.41, 5.74) is 0. The van der Waals surface area contributed by atoms with Crippen LogP contribution in [0.2, 0.25) is 0 Å². The molecule has 3 N–H and O–H groups in total. The second-order valence-electron chi connectivity index (χ2n) is 31.3. The third kappa shape index (κ3) is 76.8. The van der Waals surface area contributed by atoms with E-state index in [1.807, 2.05) is 0 Å². The third-order valence-corrected chi connectivity index (χ3v) is 22.2. The number of rotatable bonds is 84. The number of phosphoric ester groups is 2. The molecule has 0 fully saturated rings. The second-order valence-corrected chi connectivity index (χ2v) is 34.2. The van der Waals surface area contributed by atoms with Crippen LogP contribution >= 0.6 is 15.6 Å². The van der Waals surface area contributed by atoms with Crippen molar-refractivity contribution in [3.05, 3.63) is 0 Å². The highest BCUT2D eigenvalue weighted by molar-refractivity contribution is 7.47. The number of carbonyl (C=O) groups excluding carboxylic acids is 4. The molecule has 104 heavy (non-hydrogen) atoms. The fourth-order valence-corrected chi connectivity index (χ4v) is 14.8. The van der Waals surface area contributed by atoms with Crippen molar-refractivity contribution in [1.29, 1.82) is 0 Å². The minimum atomic E-state index is -4.96. The summed E-state index contributed by atoms with van der Waals surface area (Å²) in [6.45, 7) is 9.64. The zero-order valence-corrected chi connectivity index (χ0v) is 70.1. The van der Waals surface area contributed by atoms with E-state index in [0.29, 0.717) is 31.6 Å². The first-order chi connectivity index (χ1) is 50.4. The van der Waals surface area contributed by atoms with E-state index < -0.39 is 97.5 Å². The van der Waals surface area contributed by atoms with Crippen LogP contribution in [0.1, 0.15) is 452 Å². The monoisotopic (exact) mass is 1520 g/mol. The first-order valence-corrected chi connectivity index (χ1v) is 47.0. The Balaban J connectivity index is 5.22. The minimum Gasteiger partial charge on any atom is -0.462 e. The van der Waals surface area contributed by atoms with Crippen LogP contribution in [0.25, 0.3) is 0 Å². The number of esters is 4. The quantitative estimate of drug-likeness (QED) is 0.0222. The maximum Gasteiger partial charge on any atom is 0.472 e. The molecule has 17 nitrogen and oxygen atoms in total. The van der Waals surface area contributed by atoms with Gasteiger partial charge in [0, 0.05) is 25.7 Å². The first kappa shape index (κ1) is 102. The maximum atomic E-state index is 13.1. The second kappa shape index (κ2) is 76.4. The van der Waals surface area contributed by atoms with Crippen molar-refractivity contribution in [2.75, 3.05) is 39.6 Å². The van der Waals surface area contributed by atoms with Gasteiger partial charge in [0.05, 0.1) is 26.4 Å². The lowest BCUT2D eigenvalue weighted by atomic mass is 9.99. The Morgan fingerprint density at radius 2 is 0.490 bits per heavy atom. The van der Waals surface area contributed by atoms with Crippen molar-refractivity contribution >= 4 is 39.5 Å². The van der Waals surface area contributed by atoms with E-state index in [4.69, 9.17) is 37.0 Å². The van der Waals surface area contributed by atoms with Crippen molar-refractivity contribution in [2.24, 2.45) is 11.8 Å². The molecule has 0 aromatic carbocycles. The summed E-state index contributed by atoms with van der Waals surface area (Å²) < 4.78 is 68.8. The molecule has 0 saturated heterocycles. The van der Waals surface area contributed by atoms with Crippen molar-refractivity contribution in [1.82, 2.24) is 0 Å². The van der Waals surface area contributed by atoms with Crippen LogP contribution in [0, 0.1) is 11.8 Å². The van der Waals surface area contributed by atoms with Gasteiger partial charge in [0.2, 0.25) is 0 Å². The van der Waals surface area contributed by atoms with Gasteiger partial charge in [-0.05, 0) is 37.5 Å². The summed E-state index contributed by atoms with van der Waals surface area (Å²) >= 11 is 0. The molecule has 0 saturated carbocycles. The SMILES string of the molecule is CCCCCCCCCCCCCCCCCCCCCCC(=O)O[C@H](COC(=O)CCCCCCCCCCCCCCCCC(C)CC)COP(=O)(O)OC[C@@H](O)COP(=O)(O)OC[C@@H](COC(=O)CCCCCCCCC(C)C)OC(=O)CCCCCCCCCCCCCCCCCCC. The summed E-state index contributed by atoms with van der Waals surface area (Å²) in [7, 11) is -9.93. The van der Waals surface area contributed by atoms with Crippen LogP contribution in [-0.4, -0.2) is 96.7 Å². The standard InChI is InChI=1S/C85H166O17P2/c1-7-10-12-14-16-18-20-22-24-26-27-28-30-32-38-42-46-50-58-63-69-84(89)101-80(73-95-82(87)67-61-55-48-44-40-36-34-33-35-39-43-47-54-60-66-78(6)9-3)75-99-103(91,92)97-71-79(86)72-98-104(93,94)100-76-81(74-96-83(88)68-62-56-52-51-53-59-65-77(4)5)102-85(90)70-64-57-49-45-41-37-31-29-25-23-21-19-17-15-13-11-8-2/h77-81,86H,7-76H2,1-6H3,(H,91,92)(H,93,94)/t78?,79-,80-,81-/m1/s1. The summed E-state index contributed by atoms with van der Waals surface area (Å²) in [5, 5.41) is 10.7. The van der Waals surface area contributed by atoms with Gasteiger partial charge in [-0.25, -0.2) is 9.13 Å². The van der Waals surface area contributed by atoms with Gasteiger partial charge in [-0.1, -0.05) is 401 Å². The Hall–Kier alpha value is -1.94. The molecule has 0 aliphatic carbocycles. The number of aliphatic hydroxyl groups excluding tert-OH is 1. The third-order valence-electron chi connectivity index (χ3n) is 20.3. The van der Waals surface area contributed by atoms with Gasteiger partial charge < -0.3 is 33.8 Å². The average molecular weight is 1520 g/mol. The predicted octanol–water partition coefficient (Wildman–Crippen LogP) is 25.8. The van der Waals surface area contributed by atoms with E-state index in [2.05, 4.69) is 41.5 Å². The normalized spacial score (nSPS) is 14.1. The van der Waals surface area contributed by atoms with Crippen molar-refractivity contribution < 1.29 is 80.2 Å². The Bertz CT molecular complexity index is 2000. The van der Waals surface area contributed by atoms with Crippen molar-refractivity contribution in [2.45, 2.75) is 471 Å². The Labute approximate surface area is 638 Å². The summed E-state index contributed by atoms with van der Waals surface area (Å²) in [6, 6.07) is 0. The largest absolute Gasteiger partial charge is 0.472 e. The molecule has 0 aliphatic heterocycles. The molecule has 6 atom stereocenters. The van der Waals surface area contributed by atoms with Gasteiger partial charge in [0.1, 0.15) is 19.3 Å². The molecule has 0 radical (unpaired) electrons. The van der Waals surface area contributed by atoms with E-state index >= 15 is 0 Å². The van der Waals surface area contributed by atoms with Gasteiger partial charge in [0.15, 0.2) is 12.2 Å². The highest BCUT2D eigenvalue weighted by Crippen LogP contribution is 2.45. The number of carbonyl (C=O) groups is 4. The van der Waals surface area contributed by atoms with Crippen LogP contribution < -0.4 is 0 Å². The van der Waals surface area contributed by atoms with Crippen LogP contribution in [0.4, 0.5) is 0 Å². The molecule has 0 rings (SSSR count). The summed E-state index contributed by atoms with van der Waals surface area (Å²) in [6.07, 6.45) is 68.2. The van der Waals surface area contributed by atoms with E-state index in [-0.39, 0.29) is 25.7 Å². The van der Waals surface area contributed by atoms with Crippen LogP contribution in [-0.2, 0) is 65.4 Å². The van der Waals surface area contributed by atoms with Crippen molar-refractivity contribution in [3.8, 4) is 0 Å². The zero-order valence-electron chi connectivity index (χ0n) is 68.3. The molecular formula is C85H166O17P2. The van der Waals surface area contributed by atoms with E-state index in [1.54, 1.807) is 0 Å². The molecule has 0 heterocycles. The van der Waals surface area contributed by atoms with Gasteiger partial charge in [-0.15, -0.1) is 0 Å². The lowest BCUT2D eigenvalue weighted by Gasteiger charge is -2.21. The predicted molar refractivity (Wildman–Crippen MR) is 428 cm³/mol. The highest BCUT2D eigenvalue weighted by atomic mass is 31.2. The van der Waals surface area contributed by atoms with Crippen LogP contribution in [0.5, 0.6) is 0 Å². The van der Waals surface area contributed by atoms with E-state index in [0.717, 1.165) is 102 Å². The molecular weight excluding hydrogens is 1350 g/mol.